The summed E-state index contributed by atoms with van der Waals surface area (Å²) in [6.45, 7) is 2.12. The Morgan fingerprint density at radius 2 is 1.87 bits per heavy atom. The number of carbonyl (C=O) groups is 2. The first kappa shape index (κ1) is 21.0. The van der Waals surface area contributed by atoms with Crippen LogP contribution in [0.15, 0.2) is 36.5 Å². The number of aromatic nitrogens is 1. The SMILES string of the molecule is O=C(Nc1ccc(F)cc1F)N1CCC(Oc2ncccc2C(=O)N2CCCCC2)C1. The van der Waals surface area contributed by atoms with Crippen molar-refractivity contribution in [2.24, 2.45) is 0 Å². The van der Waals surface area contributed by atoms with E-state index in [1.54, 1.807) is 18.3 Å². The van der Waals surface area contributed by atoms with Crippen LogP contribution in [0.5, 0.6) is 5.88 Å². The summed E-state index contributed by atoms with van der Waals surface area (Å²) in [5, 5.41) is 2.45. The monoisotopic (exact) mass is 430 g/mol. The number of likely N-dealkylation sites (tertiary alicyclic amines) is 2. The molecule has 1 unspecified atom stereocenters. The van der Waals surface area contributed by atoms with E-state index in [1.165, 1.54) is 11.0 Å². The van der Waals surface area contributed by atoms with Gasteiger partial charge in [0.15, 0.2) is 0 Å². The van der Waals surface area contributed by atoms with Crippen LogP contribution in [0.1, 0.15) is 36.0 Å². The van der Waals surface area contributed by atoms with E-state index >= 15 is 0 Å². The quantitative estimate of drug-likeness (QED) is 0.803. The summed E-state index contributed by atoms with van der Waals surface area (Å²) in [5.41, 5.74) is 0.329. The van der Waals surface area contributed by atoms with Gasteiger partial charge in [-0.05, 0) is 43.5 Å². The molecule has 1 atom stereocenters. The summed E-state index contributed by atoms with van der Waals surface area (Å²) in [6.07, 6.45) is 4.88. The molecular formula is C22H24F2N4O3. The zero-order chi connectivity index (χ0) is 21.8. The predicted octanol–water partition coefficient (Wildman–Crippen LogP) is 3.67. The third kappa shape index (κ3) is 4.92. The summed E-state index contributed by atoms with van der Waals surface area (Å²) in [6, 6.07) is 5.89. The van der Waals surface area contributed by atoms with Crippen LogP contribution >= 0.6 is 0 Å². The standard InChI is InChI=1S/C22H24F2N4O3/c23-15-6-7-19(18(24)13-15)26-22(30)28-12-8-16(14-28)31-20-17(5-4-9-25-20)21(29)27-10-2-1-3-11-27/h4-7,9,13,16H,1-3,8,10-12,14H2,(H,26,30). The first-order valence-corrected chi connectivity index (χ1v) is 10.4. The molecule has 0 saturated carbocycles. The highest BCUT2D eigenvalue weighted by molar-refractivity contribution is 5.96. The number of rotatable bonds is 4. The maximum absolute atomic E-state index is 13.8. The molecule has 1 aromatic heterocycles. The van der Waals surface area contributed by atoms with Crippen molar-refractivity contribution in [3.8, 4) is 5.88 Å². The Labute approximate surface area is 179 Å². The van der Waals surface area contributed by atoms with Crippen LogP contribution in [0.2, 0.25) is 0 Å². The smallest absolute Gasteiger partial charge is 0.322 e. The highest BCUT2D eigenvalue weighted by Crippen LogP contribution is 2.24. The van der Waals surface area contributed by atoms with Gasteiger partial charge in [-0.2, -0.15) is 0 Å². The van der Waals surface area contributed by atoms with Gasteiger partial charge in [-0.25, -0.2) is 18.6 Å². The lowest BCUT2D eigenvalue weighted by atomic mass is 10.1. The average molecular weight is 430 g/mol. The number of carbonyl (C=O) groups excluding carboxylic acids is 2. The summed E-state index contributed by atoms with van der Waals surface area (Å²) in [5.74, 6) is -1.39. The topological polar surface area (TPSA) is 74.8 Å². The molecule has 164 valence electrons. The van der Waals surface area contributed by atoms with E-state index in [1.807, 2.05) is 4.90 Å². The van der Waals surface area contributed by atoms with Gasteiger partial charge in [0.2, 0.25) is 5.88 Å². The zero-order valence-corrected chi connectivity index (χ0v) is 17.0. The number of pyridine rings is 1. The van der Waals surface area contributed by atoms with E-state index in [0.29, 0.717) is 24.6 Å². The number of benzene rings is 1. The van der Waals surface area contributed by atoms with E-state index in [-0.39, 0.29) is 30.1 Å². The number of hydrogen-bond donors (Lipinski definition) is 1. The molecule has 2 saturated heterocycles. The Hall–Kier alpha value is -3.23. The lowest BCUT2D eigenvalue weighted by molar-refractivity contribution is 0.0715. The number of piperidine rings is 1. The van der Waals surface area contributed by atoms with Crippen molar-refractivity contribution in [1.82, 2.24) is 14.8 Å². The molecule has 2 aliphatic heterocycles. The third-order valence-corrected chi connectivity index (χ3v) is 5.53. The number of nitrogens with one attached hydrogen (secondary N) is 1. The molecule has 0 bridgehead atoms. The van der Waals surface area contributed by atoms with E-state index in [0.717, 1.165) is 38.4 Å². The molecule has 1 aromatic carbocycles. The minimum absolute atomic E-state index is 0.0880. The van der Waals surface area contributed by atoms with Gasteiger partial charge >= 0.3 is 6.03 Å². The predicted molar refractivity (Wildman–Crippen MR) is 110 cm³/mol. The van der Waals surface area contributed by atoms with Gasteiger partial charge in [0.25, 0.3) is 5.91 Å². The van der Waals surface area contributed by atoms with Crippen molar-refractivity contribution in [3.63, 3.8) is 0 Å². The molecule has 2 aromatic rings. The molecule has 7 nitrogen and oxygen atoms in total. The fraction of sp³-hybridized carbons (Fsp3) is 0.409. The molecule has 2 aliphatic rings. The summed E-state index contributed by atoms with van der Waals surface area (Å²) in [7, 11) is 0. The van der Waals surface area contributed by atoms with Crippen molar-refractivity contribution < 1.29 is 23.1 Å². The van der Waals surface area contributed by atoms with Gasteiger partial charge < -0.3 is 19.9 Å². The molecule has 31 heavy (non-hydrogen) atoms. The molecule has 9 heteroatoms. The molecule has 3 amide bonds. The fourth-order valence-corrected chi connectivity index (χ4v) is 3.87. The number of ether oxygens (including phenoxy) is 1. The fourth-order valence-electron chi connectivity index (χ4n) is 3.87. The Balaban J connectivity index is 1.38. The number of anilines is 1. The van der Waals surface area contributed by atoms with Crippen LogP contribution in [0.25, 0.3) is 0 Å². The number of amides is 3. The Morgan fingerprint density at radius 1 is 1.06 bits per heavy atom. The van der Waals surface area contributed by atoms with Crippen LogP contribution in [-0.2, 0) is 0 Å². The minimum atomic E-state index is -0.838. The third-order valence-electron chi connectivity index (χ3n) is 5.53. The summed E-state index contributed by atoms with van der Waals surface area (Å²) < 4.78 is 32.8. The van der Waals surface area contributed by atoms with Gasteiger partial charge in [0, 0.05) is 38.3 Å². The molecular weight excluding hydrogens is 406 g/mol. The lowest BCUT2D eigenvalue weighted by Crippen LogP contribution is -2.36. The van der Waals surface area contributed by atoms with Crippen molar-refractivity contribution in [3.05, 3.63) is 53.7 Å². The summed E-state index contributed by atoms with van der Waals surface area (Å²) >= 11 is 0. The van der Waals surface area contributed by atoms with Gasteiger partial charge in [-0.3, -0.25) is 4.79 Å². The molecule has 0 spiro atoms. The maximum Gasteiger partial charge on any atom is 0.322 e. The normalized spacial score (nSPS) is 18.7. The second-order valence-corrected chi connectivity index (χ2v) is 7.74. The number of urea groups is 1. The largest absolute Gasteiger partial charge is 0.472 e. The van der Waals surface area contributed by atoms with E-state index < -0.39 is 17.7 Å². The molecule has 1 N–H and O–H groups in total. The van der Waals surface area contributed by atoms with Crippen molar-refractivity contribution in [2.75, 3.05) is 31.5 Å². The van der Waals surface area contributed by atoms with Crippen molar-refractivity contribution in [2.45, 2.75) is 31.8 Å². The molecule has 0 aliphatic carbocycles. The van der Waals surface area contributed by atoms with Crippen LogP contribution in [0.3, 0.4) is 0 Å². The van der Waals surface area contributed by atoms with E-state index in [9.17, 15) is 18.4 Å². The zero-order valence-electron chi connectivity index (χ0n) is 17.0. The van der Waals surface area contributed by atoms with Crippen LogP contribution in [0.4, 0.5) is 19.3 Å². The molecule has 4 rings (SSSR count). The Morgan fingerprint density at radius 3 is 2.65 bits per heavy atom. The van der Waals surface area contributed by atoms with Gasteiger partial charge in [-0.1, -0.05) is 0 Å². The van der Waals surface area contributed by atoms with E-state index in [2.05, 4.69) is 10.3 Å². The number of nitrogens with zero attached hydrogens (tertiary/aromatic N) is 3. The van der Waals surface area contributed by atoms with Crippen LogP contribution in [0, 0.1) is 11.6 Å². The molecule has 0 radical (unpaired) electrons. The highest BCUT2D eigenvalue weighted by atomic mass is 19.1. The van der Waals surface area contributed by atoms with Crippen molar-refractivity contribution >= 4 is 17.6 Å². The molecule has 2 fully saturated rings. The Kier molecular flexibility index (Phi) is 6.29. The number of halogens is 2. The van der Waals surface area contributed by atoms with Crippen molar-refractivity contribution in [1.29, 1.82) is 0 Å². The van der Waals surface area contributed by atoms with Crippen LogP contribution in [-0.4, -0.2) is 59.0 Å². The first-order chi connectivity index (χ1) is 15.0. The van der Waals surface area contributed by atoms with E-state index in [4.69, 9.17) is 4.74 Å². The average Bonchev–Trinajstić information content (AvgIpc) is 3.25. The van der Waals surface area contributed by atoms with Gasteiger partial charge in [0.05, 0.1) is 12.2 Å². The van der Waals surface area contributed by atoms with Crippen LogP contribution < -0.4 is 10.1 Å². The maximum atomic E-state index is 13.8. The van der Waals surface area contributed by atoms with Gasteiger partial charge in [-0.15, -0.1) is 0 Å². The first-order valence-electron chi connectivity index (χ1n) is 10.4. The molecule has 3 heterocycles. The second kappa shape index (κ2) is 9.28. The summed E-state index contributed by atoms with van der Waals surface area (Å²) in [4.78, 5) is 32.9. The Bertz CT molecular complexity index is 966. The second-order valence-electron chi connectivity index (χ2n) is 7.74. The number of hydrogen-bond acceptors (Lipinski definition) is 4. The lowest BCUT2D eigenvalue weighted by Gasteiger charge is -2.27. The van der Waals surface area contributed by atoms with Gasteiger partial charge in [0.1, 0.15) is 23.3 Å². The minimum Gasteiger partial charge on any atom is -0.472 e. The highest BCUT2D eigenvalue weighted by Gasteiger charge is 2.30.